The van der Waals surface area contributed by atoms with Crippen LogP contribution in [0.15, 0.2) is 22.7 Å². The van der Waals surface area contributed by atoms with Gasteiger partial charge in [-0.15, -0.1) is 0 Å². The molecule has 1 aliphatic carbocycles. The molecule has 0 atom stereocenters. The average molecular weight is 329 g/mol. The Morgan fingerprint density at radius 2 is 2.11 bits per heavy atom. The summed E-state index contributed by atoms with van der Waals surface area (Å²) in [4.78, 5) is 2.45. The van der Waals surface area contributed by atoms with Crippen LogP contribution in [0.3, 0.4) is 0 Å². The fourth-order valence-corrected chi connectivity index (χ4v) is 3.10. The van der Waals surface area contributed by atoms with Crippen LogP contribution in [0.5, 0.6) is 0 Å². The van der Waals surface area contributed by atoms with Gasteiger partial charge in [-0.1, -0.05) is 25.0 Å². The van der Waals surface area contributed by atoms with E-state index in [1.165, 1.54) is 31.7 Å². The summed E-state index contributed by atoms with van der Waals surface area (Å²) in [6, 6.07) is 5.94. The molecule has 0 spiro atoms. The van der Waals surface area contributed by atoms with Gasteiger partial charge in [0.05, 0.1) is 4.47 Å². The molecule has 2 nitrogen and oxygen atoms in total. The topological polar surface area (TPSA) is 15.3 Å². The standard InChI is InChI=1S/C15H22BrFN2/c1-19(13-6-2-3-7-13)10-9-18-11-12-5-4-8-14(17)15(12)16/h4-5,8,13,18H,2-3,6-7,9-11H2,1H3. The van der Waals surface area contributed by atoms with Crippen molar-refractivity contribution in [3.05, 3.63) is 34.1 Å². The molecular formula is C15H22BrFN2. The van der Waals surface area contributed by atoms with Gasteiger partial charge in [0.25, 0.3) is 0 Å². The van der Waals surface area contributed by atoms with Crippen molar-refractivity contribution in [2.75, 3.05) is 20.1 Å². The molecule has 0 heterocycles. The van der Waals surface area contributed by atoms with Crippen LogP contribution >= 0.6 is 15.9 Å². The number of hydrogen-bond acceptors (Lipinski definition) is 2. The van der Waals surface area contributed by atoms with Gasteiger partial charge in [-0.05, 0) is 47.4 Å². The fourth-order valence-electron chi connectivity index (χ4n) is 2.69. The van der Waals surface area contributed by atoms with Gasteiger partial charge in [-0.3, -0.25) is 0 Å². The summed E-state index contributed by atoms with van der Waals surface area (Å²) in [7, 11) is 2.20. The Morgan fingerprint density at radius 1 is 1.37 bits per heavy atom. The van der Waals surface area contributed by atoms with Crippen molar-refractivity contribution in [1.29, 1.82) is 0 Å². The molecule has 106 valence electrons. The zero-order chi connectivity index (χ0) is 13.7. The molecule has 1 fully saturated rings. The lowest BCUT2D eigenvalue weighted by Crippen LogP contribution is -2.35. The minimum Gasteiger partial charge on any atom is -0.311 e. The second-order valence-corrected chi connectivity index (χ2v) is 6.10. The Labute approximate surface area is 123 Å². The maximum atomic E-state index is 13.3. The number of likely N-dealkylation sites (N-methyl/N-ethyl adjacent to an activating group) is 1. The Kier molecular flexibility index (Phi) is 5.79. The number of nitrogens with zero attached hydrogens (tertiary/aromatic N) is 1. The van der Waals surface area contributed by atoms with Gasteiger partial charge in [-0.25, -0.2) is 4.39 Å². The van der Waals surface area contributed by atoms with Crippen LogP contribution in [0.25, 0.3) is 0 Å². The molecule has 0 amide bonds. The van der Waals surface area contributed by atoms with Crippen molar-refractivity contribution < 1.29 is 4.39 Å². The minimum absolute atomic E-state index is 0.192. The van der Waals surface area contributed by atoms with Gasteiger partial charge in [0, 0.05) is 25.7 Å². The summed E-state index contributed by atoms with van der Waals surface area (Å²) in [5, 5.41) is 3.39. The highest BCUT2D eigenvalue weighted by molar-refractivity contribution is 9.10. The SMILES string of the molecule is CN(CCNCc1cccc(F)c1Br)C1CCCC1. The number of hydrogen-bond donors (Lipinski definition) is 1. The van der Waals surface area contributed by atoms with Crippen molar-refractivity contribution in [3.63, 3.8) is 0 Å². The molecule has 0 aromatic heterocycles. The molecule has 2 rings (SSSR count). The van der Waals surface area contributed by atoms with Gasteiger partial charge in [0.2, 0.25) is 0 Å². The molecular weight excluding hydrogens is 307 g/mol. The van der Waals surface area contributed by atoms with Crippen LogP contribution in [0.2, 0.25) is 0 Å². The smallest absolute Gasteiger partial charge is 0.137 e. The van der Waals surface area contributed by atoms with Crippen LogP contribution in [0, 0.1) is 5.82 Å². The predicted molar refractivity (Wildman–Crippen MR) is 80.7 cm³/mol. The van der Waals surface area contributed by atoms with Crippen LogP contribution in [0.4, 0.5) is 4.39 Å². The Bertz CT molecular complexity index is 405. The van der Waals surface area contributed by atoms with E-state index in [0.29, 0.717) is 11.0 Å². The second-order valence-electron chi connectivity index (χ2n) is 5.31. The fraction of sp³-hybridized carbons (Fsp3) is 0.600. The third-order valence-corrected chi connectivity index (χ3v) is 4.82. The molecule has 1 aliphatic rings. The van der Waals surface area contributed by atoms with Gasteiger partial charge in [-0.2, -0.15) is 0 Å². The quantitative estimate of drug-likeness (QED) is 0.803. The highest BCUT2D eigenvalue weighted by Crippen LogP contribution is 2.22. The summed E-state index contributed by atoms with van der Waals surface area (Å²) < 4.78 is 13.9. The third-order valence-electron chi connectivity index (χ3n) is 3.94. The molecule has 0 radical (unpaired) electrons. The van der Waals surface area contributed by atoms with Crippen LogP contribution in [-0.2, 0) is 6.54 Å². The highest BCUT2D eigenvalue weighted by atomic mass is 79.9. The van der Waals surface area contributed by atoms with Crippen LogP contribution < -0.4 is 5.32 Å². The van der Waals surface area contributed by atoms with Gasteiger partial charge >= 0.3 is 0 Å². The molecule has 0 bridgehead atoms. The second kappa shape index (κ2) is 7.36. The molecule has 1 aromatic carbocycles. The van der Waals surface area contributed by atoms with Crippen molar-refractivity contribution >= 4 is 15.9 Å². The van der Waals surface area contributed by atoms with Gasteiger partial charge in [0.1, 0.15) is 5.82 Å². The molecule has 0 aliphatic heterocycles. The molecule has 1 saturated carbocycles. The lowest BCUT2D eigenvalue weighted by molar-refractivity contribution is 0.245. The Hall–Kier alpha value is -0.450. The van der Waals surface area contributed by atoms with E-state index in [1.54, 1.807) is 6.07 Å². The monoisotopic (exact) mass is 328 g/mol. The van der Waals surface area contributed by atoms with Crippen molar-refractivity contribution in [1.82, 2.24) is 10.2 Å². The molecule has 19 heavy (non-hydrogen) atoms. The largest absolute Gasteiger partial charge is 0.311 e. The number of halogens is 2. The molecule has 4 heteroatoms. The zero-order valence-corrected chi connectivity index (χ0v) is 13.0. The predicted octanol–water partition coefficient (Wildman–Crippen LogP) is 3.55. The molecule has 1 N–H and O–H groups in total. The highest BCUT2D eigenvalue weighted by Gasteiger charge is 2.18. The number of benzene rings is 1. The third kappa shape index (κ3) is 4.26. The zero-order valence-electron chi connectivity index (χ0n) is 11.5. The summed E-state index contributed by atoms with van der Waals surface area (Å²) in [5.41, 5.74) is 0.975. The van der Waals surface area contributed by atoms with E-state index < -0.39 is 0 Å². The van der Waals surface area contributed by atoms with Crippen molar-refractivity contribution in [2.45, 2.75) is 38.3 Å². The molecule has 0 unspecified atom stereocenters. The Balaban J connectivity index is 1.70. The van der Waals surface area contributed by atoms with E-state index in [2.05, 4.69) is 33.2 Å². The van der Waals surface area contributed by atoms with Crippen molar-refractivity contribution in [2.24, 2.45) is 0 Å². The first-order valence-electron chi connectivity index (χ1n) is 7.02. The summed E-state index contributed by atoms with van der Waals surface area (Å²) in [6.45, 7) is 2.70. The number of nitrogens with one attached hydrogen (secondary N) is 1. The summed E-state index contributed by atoms with van der Waals surface area (Å²) in [5.74, 6) is -0.192. The summed E-state index contributed by atoms with van der Waals surface area (Å²) >= 11 is 3.29. The van der Waals surface area contributed by atoms with Crippen molar-refractivity contribution in [3.8, 4) is 0 Å². The lowest BCUT2D eigenvalue weighted by atomic mass is 10.2. The van der Waals surface area contributed by atoms with E-state index in [1.807, 2.05) is 6.07 Å². The van der Waals surface area contributed by atoms with E-state index >= 15 is 0 Å². The van der Waals surface area contributed by atoms with E-state index in [-0.39, 0.29) is 5.82 Å². The van der Waals surface area contributed by atoms with Gasteiger partial charge < -0.3 is 10.2 Å². The van der Waals surface area contributed by atoms with E-state index in [0.717, 1.165) is 24.7 Å². The van der Waals surface area contributed by atoms with E-state index in [4.69, 9.17) is 0 Å². The van der Waals surface area contributed by atoms with Crippen LogP contribution in [0.1, 0.15) is 31.2 Å². The van der Waals surface area contributed by atoms with Gasteiger partial charge in [0.15, 0.2) is 0 Å². The first kappa shape index (κ1) is 14.9. The van der Waals surface area contributed by atoms with E-state index in [9.17, 15) is 4.39 Å². The maximum absolute atomic E-state index is 13.3. The first-order chi connectivity index (χ1) is 9.18. The first-order valence-corrected chi connectivity index (χ1v) is 7.81. The normalized spacial score (nSPS) is 16.4. The van der Waals surface area contributed by atoms with Crippen LogP contribution in [-0.4, -0.2) is 31.1 Å². The Morgan fingerprint density at radius 3 is 2.84 bits per heavy atom. The molecule has 0 saturated heterocycles. The average Bonchev–Trinajstić information content (AvgIpc) is 2.93. The number of rotatable bonds is 6. The lowest BCUT2D eigenvalue weighted by Gasteiger charge is -2.24. The summed E-state index contributed by atoms with van der Waals surface area (Å²) in [6.07, 6.45) is 5.43. The maximum Gasteiger partial charge on any atom is 0.137 e. The molecule has 1 aromatic rings. The minimum atomic E-state index is -0.192.